The van der Waals surface area contributed by atoms with Crippen LogP contribution in [0.1, 0.15) is 19.4 Å². The van der Waals surface area contributed by atoms with Crippen LogP contribution >= 0.6 is 23.2 Å². The number of nitrogens with one attached hydrogen (secondary N) is 2. The Hall–Kier alpha value is -2.04. The van der Waals surface area contributed by atoms with Gasteiger partial charge >= 0.3 is 0 Å². The van der Waals surface area contributed by atoms with Gasteiger partial charge in [0.25, 0.3) is 0 Å². The van der Waals surface area contributed by atoms with Gasteiger partial charge in [-0.05, 0) is 56.7 Å². The van der Waals surface area contributed by atoms with Crippen molar-refractivity contribution >= 4 is 46.4 Å². The molecule has 126 valence electrons. The van der Waals surface area contributed by atoms with Crippen LogP contribution in [0.25, 0.3) is 0 Å². The fourth-order valence-electron chi connectivity index (χ4n) is 1.96. The standard InChI is InChI=1S/C18H18Cl2N2O2/c1-11-7-8-13(20)10-15(11)22-17(24)18(2,3)16(23)21-14-6-4-5-12(19)9-14/h4-10H,1-3H3,(H,21,23)(H,22,24). The number of rotatable bonds is 4. The van der Waals surface area contributed by atoms with Crippen molar-refractivity contribution in [3.63, 3.8) is 0 Å². The zero-order valence-corrected chi connectivity index (χ0v) is 15.1. The Balaban J connectivity index is 2.14. The molecule has 0 saturated carbocycles. The Morgan fingerprint density at radius 3 is 2.21 bits per heavy atom. The van der Waals surface area contributed by atoms with Crippen LogP contribution in [-0.4, -0.2) is 11.8 Å². The highest BCUT2D eigenvalue weighted by Gasteiger charge is 2.36. The normalized spacial score (nSPS) is 11.0. The zero-order chi connectivity index (χ0) is 17.9. The monoisotopic (exact) mass is 364 g/mol. The lowest BCUT2D eigenvalue weighted by molar-refractivity contribution is -0.135. The van der Waals surface area contributed by atoms with E-state index < -0.39 is 17.2 Å². The fourth-order valence-corrected chi connectivity index (χ4v) is 2.33. The number of aryl methyl sites for hydroxylation is 1. The summed E-state index contributed by atoms with van der Waals surface area (Å²) >= 11 is 11.9. The molecule has 24 heavy (non-hydrogen) atoms. The van der Waals surface area contributed by atoms with Crippen LogP contribution in [0.2, 0.25) is 10.0 Å². The number of benzene rings is 2. The highest BCUT2D eigenvalue weighted by atomic mass is 35.5. The van der Waals surface area contributed by atoms with Crippen LogP contribution in [-0.2, 0) is 9.59 Å². The van der Waals surface area contributed by atoms with Gasteiger partial charge in [-0.2, -0.15) is 0 Å². The first kappa shape index (κ1) is 18.3. The SMILES string of the molecule is Cc1ccc(Cl)cc1NC(=O)C(C)(C)C(=O)Nc1cccc(Cl)c1. The van der Waals surface area contributed by atoms with Crippen molar-refractivity contribution in [2.45, 2.75) is 20.8 Å². The smallest absolute Gasteiger partial charge is 0.239 e. The molecule has 0 unspecified atom stereocenters. The number of carbonyl (C=O) groups is 2. The number of carbonyl (C=O) groups excluding carboxylic acids is 2. The molecule has 2 aromatic carbocycles. The van der Waals surface area contributed by atoms with Crippen LogP contribution in [0.4, 0.5) is 11.4 Å². The molecular formula is C18H18Cl2N2O2. The molecule has 0 aliphatic heterocycles. The van der Waals surface area contributed by atoms with E-state index in [2.05, 4.69) is 10.6 Å². The third kappa shape index (κ3) is 4.28. The Kier molecular flexibility index (Phi) is 5.52. The average Bonchev–Trinajstić information content (AvgIpc) is 2.50. The summed E-state index contributed by atoms with van der Waals surface area (Å²) in [6.07, 6.45) is 0. The molecule has 0 spiro atoms. The Labute approximate surface area is 151 Å². The van der Waals surface area contributed by atoms with Crippen LogP contribution < -0.4 is 10.6 Å². The van der Waals surface area contributed by atoms with Crippen LogP contribution in [0.5, 0.6) is 0 Å². The molecule has 0 aliphatic rings. The molecule has 0 fully saturated rings. The molecule has 0 heterocycles. The highest BCUT2D eigenvalue weighted by Crippen LogP contribution is 2.25. The van der Waals surface area contributed by atoms with E-state index in [0.717, 1.165) is 5.56 Å². The molecule has 0 saturated heterocycles. The largest absolute Gasteiger partial charge is 0.325 e. The summed E-state index contributed by atoms with van der Waals surface area (Å²) in [5, 5.41) is 6.48. The third-order valence-corrected chi connectivity index (χ3v) is 4.14. The highest BCUT2D eigenvalue weighted by molar-refractivity contribution is 6.31. The number of hydrogen-bond acceptors (Lipinski definition) is 2. The van der Waals surface area contributed by atoms with E-state index in [1.807, 2.05) is 6.92 Å². The summed E-state index contributed by atoms with van der Waals surface area (Å²) in [6.45, 7) is 4.97. The molecule has 2 amide bonds. The molecule has 2 N–H and O–H groups in total. The average molecular weight is 365 g/mol. The maximum Gasteiger partial charge on any atom is 0.239 e. The first-order valence-corrected chi connectivity index (χ1v) is 8.10. The number of amides is 2. The van der Waals surface area contributed by atoms with Gasteiger partial charge in [0.05, 0.1) is 0 Å². The van der Waals surface area contributed by atoms with Crippen molar-refractivity contribution in [1.29, 1.82) is 0 Å². The second-order valence-corrected chi connectivity index (χ2v) is 6.88. The molecular weight excluding hydrogens is 347 g/mol. The van der Waals surface area contributed by atoms with Crippen molar-refractivity contribution in [2.24, 2.45) is 5.41 Å². The van der Waals surface area contributed by atoms with Gasteiger partial charge in [-0.15, -0.1) is 0 Å². The Morgan fingerprint density at radius 2 is 1.54 bits per heavy atom. The van der Waals surface area contributed by atoms with Gasteiger partial charge in [0.2, 0.25) is 11.8 Å². The summed E-state index contributed by atoms with van der Waals surface area (Å²) in [4.78, 5) is 25.0. The summed E-state index contributed by atoms with van der Waals surface area (Å²) in [5.74, 6) is -0.852. The molecule has 0 atom stereocenters. The molecule has 2 rings (SSSR count). The first-order valence-electron chi connectivity index (χ1n) is 7.35. The topological polar surface area (TPSA) is 58.2 Å². The maximum atomic E-state index is 12.6. The van der Waals surface area contributed by atoms with E-state index in [1.165, 1.54) is 0 Å². The van der Waals surface area contributed by atoms with E-state index in [1.54, 1.807) is 56.3 Å². The molecule has 0 radical (unpaired) electrons. The quantitative estimate of drug-likeness (QED) is 0.757. The molecule has 4 nitrogen and oxygen atoms in total. The first-order chi connectivity index (χ1) is 11.2. The van der Waals surface area contributed by atoms with Crippen molar-refractivity contribution in [3.05, 3.63) is 58.1 Å². The molecule has 6 heteroatoms. The molecule has 0 bridgehead atoms. The second kappa shape index (κ2) is 7.24. The minimum absolute atomic E-state index is 0.424. The van der Waals surface area contributed by atoms with Gasteiger partial charge in [0, 0.05) is 21.4 Å². The van der Waals surface area contributed by atoms with Gasteiger partial charge in [-0.1, -0.05) is 35.3 Å². The summed E-state index contributed by atoms with van der Waals surface area (Å²) < 4.78 is 0. The number of halogens is 2. The zero-order valence-electron chi connectivity index (χ0n) is 13.6. The van der Waals surface area contributed by atoms with E-state index >= 15 is 0 Å². The molecule has 2 aromatic rings. The Bertz CT molecular complexity index is 788. The van der Waals surface area contributed by atoms with E-state index in [0.29, 0.717) is 21.4 Å². The van der Waals surface area contributed by atoms with Gasteiger partial charge < -0.3 is 10.6 Å². The van der Waals surface area contributed by atoms with E-state index in [-0.39, 0.29) is 0 Å². The minimum Gasteiger partial charge on any atom is -0.325 e. The van der Waals surface area contributed by atoms with Gasteiger partial charge in [0.1, 0.15) is 5.41 Å². The summed E-state index contributed by atoms with van der Waals surface area (Å²) in [6, 6.07) is 11.9. The molecule has 0 aromatic heterocycles. The maximum absolute atomic E-state index is 12.6. The lowest BCUT2D eigenvalue weighted by Gasteiger charge is -2.23. The molecule has 0 aliphatic carbocycles. The van der Waals surface area contributed by atoms with Gasteiger partial charge in [0.15, 0.2) is 0 Å². The minimum atomic E-state index is -1.28. The van der Waals surface area contributed by atoms with Gasteiger partial charge in [-0.25, -0.2) is 0 Å². The third-order valence-electron chi connectivity index (χ3n) is 3.67. The van der Waals surface area contributed by atoms with Crippen molar-refractivity contribution in [3.8, 4) is 0 Å². The number of hydrogen-bond donors (Lipinski definition) is 2. The lowest BCUT2D eigenvalue weighted by atomic mass is 9.90. The lowest BCUT2D eigenvalue weighted by Crippen LogP contribution is -2.41. The van der Waals surface area contributed by atoms with Crippen molar-refractivity contribution in [2.75, 3.05) is 10.6 Å². The Morgan fingerprint density at radius 1 is 0.917 bits per heavy atom. The van der Waals surface area contributed by atoms with Crippen molar-refractivity contribution < 1.29 is 9.59 Å². The van der Waals surface area contributed by atoms with Crippen molar-refractivity contribution in [1.82, 2.24) is 0 Å². The predicted octanol–water partition coefficient (Wildman–Crippen LogP) is 4.91. The van der Waals surface area contributed by atoms with E-state index in [9.17, 15) is 9.59 Å². The number of anilines is 2. The summed E-state index contributed by atoms with van der Waals surface area (Å²) in [7, 11) is 0. The van der Waals surface area contributed by atoms with Crippen LogP contribution in [0, 0.1) is 12.3 Å². The fraction of sp³-hybridized carbons (Fsp3) is 0.222. The second-order valence-electron chi connectivity index (χ2n) is 6.00. The van der Waals surface area contributed by atoms with Crippen LogP contribution in [0.3, 0.4) is 0 Å². The van der Waals surface area contributed by atoms with Gasteiger partial charge in [-0.3, -0.25) is 9.59 Å². The van der Waals surface area contributed by atoms with E-state index in [4.69, 9.17) is 23.2 Å². The van der Waals surface area contributed by atoms with Crippen LogP contribution in [0.15, 0.2) is 42.5 Å². The summed E-state index contributed by atoms with van der Waals surface area (Å²) in [5.41, 5.74) is 0.694. The predicted molar refractivity (Wildman–Crippen MR) is 98.7 cm³/mol.